The molecule has 1 heteroatoms. The fraction of sp³-hybridized carbons (Fsp3) is 1.00. The number of unbranched alkanes of at least 4 members (excludes halogenated alkanes) is 2. The van der Waals surface area contributed by atoms with Crippen molar-refractivity contribution in [3.63, 3.8) is 0 Å². The molecular weight excluding hydrogens is 196 g/mol. The molecule has 0 saturated heterocycles. The summed E-state index contributed by atoms with van der Waals surface area (Å²) in [6.07, 6.45) is 5.68. The molecule has 0 atom stereocenters. The molecule has 0 bridgehead atoms. The molecule has 0 saturated carbocycles. The van der Waals surface area contributed by atoms with Crippen LogP contribution < -0.4 is 0 Å². The van der Waals surface area contributed by atoms with Gasteiger partial charge in [0.25, 0.3) is 0 Å². The molecule has 0 aromatic carbocycles. The summed E-state index contributed by atoms with van der Waals surface area (Å²) in [5.74, 6) is 0. The number of hydrogen-bond donors (Lipinski definition) is 0. The van der Waals surface area contributed by atoms with Gasteiger partial charge in [0.05, 0.1) is 8.07 Å². The van der Waals surface area contributed by atoms with E-state index in [9.17, 15) is 0 Å². The van der Waals surface area contributed by atoms with Gasteiger partial charge in [-0.15, -0.1) is 0 Å². The third kappa shape index (κ3) is 4.30. The summed E-state index contributed by atoms with van der Waals surface area (Å²) in [5, 5.41) is 0. The summed E-state index contributed by atoms with van der Waals surface area (Å²) in [7, 11) is -0.992. The van der Waals surface area contributed by atoms with Crippen molar-refractivity contribution in [3.8, 4) is 0 Å². The van der Waals surface area contributed by atoms with Crippen LogP contribution in [0.1, 0.15) is 67.2 Å². The second kappa shape index (κ2) is 7.48. The predicted molar refractivity (Wildman–Crippen MR) is 75.4 cm³/mol. The van der Waals surface area contributed by atoms with Crippen molar-refractivity contribution >= 4 is 8.07 Å². The second-order valence-electron chi connectivity index (χ2n) is 5.75. The Labute approximate surface area is 98.9 Å². The van der Waals surface area contributed by atoms with E-state index >= 15 is 0 Å². The maximum absolute atomic E-state index is 2.48. The van der Waals surface area contributed by atoms with Gasteiger partial charge in [-0.2, -0.15) is 0 Å². The monoisotopic (exact) mass is 228 g/mol. The molecule has 0 fully saturated rings. The zero-order valence-electron chi connectivity index (χ0n) is 11.9. The van der Waals surface area contributed by atoms with Gasteiger partial charge < -0.3 is 0 Å². The van der Waals surface area contributed by atoms with Crippen molar-refractivity contribution < 1.29 is 0 Å². The molecule has 0 aromatic rings. The molecule has 92 valence electrons. The van der Waals surface area contributed by atoms with Gasteiger partial charge in [0.1, 0.15) is 0 Å². The molecule has 0 radical (unpaired) electrons. The van der Waals surface area contributed by atoms with Gasteiger partial charge in [0, 0.05) is 0 Å². The Hall–Kier alpha value is 0.217. The molecule has 0 rings (SSSR count). The maximum atomic E-state index is 2.48. The Morgan fingerprint density at radius 1 is 0.733 bits per heavy atom. The third-order valence-corrected chi connectivity index (χ3v) is 11.5. The second-order valence-corrected chi connectivity index (χ2v) is 11.5. The Kier molecular flexibility index (Phi) is 7.59. The van der Waals surface area contributed by atoms with Crippen molar-refractivity contribution in [1.82, 2.24) is 0 Å². The maximum Gasteiger partial charge on any atom is 0.0587 e. The van der Waals surface area contributed by atoms with Crippen LogP contribution in [0.3, 0.4) is 0 Å². The van der Waals surface area contributed by atoms with Crippen LogP contribution in [0.4, 0.5) is 0 Å². The van der Waals surface area contributed by atoms with E-state index in [-0.39, 0.29) is 0 Å². The fourth-order valence-corrected chi connectivity index (χ4v) is 8.87. The number of rotatable bonds is 8. The van der Waals surface area contributed by atoms with E-state index < -0.39 is 8.07 Å². The van der Waals surface area contributed by atoms with Crippen molar-refractivity contribution in [2.24, 2.45) is 0 Å². The fourth-order valence-electron chi connectivity index (χ4n) is 2.96. The van der Waals surface area contributed by atoms with Gasteiger partial charge >= 0.3 is 0 Å². The van der Waals surface area contributed by atoms with Crippen LogP contribution in [0, 0.1) is 0 Å². The molecule has 0 aliphatic carbocycles. The lowest BCUT2D eigenvalue weighted by Gasteiger charge is -2.40. The van der Waals surface area contributed by atoms with Gasteiger partial charge in [-0.1, -0.05) is 90.4 Å². The van der Waals surface area contributed by atoms with Crippen LogP contribution in [0.5, 0.6) is 0 Å². The van der Waals surface area contributed by atoms with Crippen LogP contribution in [0.2, 0.25) is 23.2 Å². The Balaban J connectivity index is 4.57. The Morgan fingerprint density at radius 3 is 1.27 bits per heavy atom. The zero-order chi connectivity index (χ0) is 11.9. The predicted octanol–water partition coefficient (Wildman–Crippen LogP) is 5.86. The van der Waals surface area contributed by atoms with Crippen molar-refractivity contribution in [2.75, 3.05) is 0 Å². The summed E-state index contributed by atoms with van der Waals surface area (Å²) < 4.78 is 0. The minimum atomic E-state index is -0.992. The first kappa shape index (κ1) is 15.2. The van der Waals surface area contributed by atoms with Crippen LogP contribution in [-0.2, 0) is 0 Å². The molecule has 0 nitrogen and oxygen atoms in total. The SMILES string of the molecule is CCCC[Si](CCCC)(C(C)C)C(C)C. The number of hydrogen-bond acceptors (Lipinski definition) is 0. The summed E-state index contributed by atoms with van der Waals surface area (Å²) >= 11 is 0. The van der Waals surface area contributed by atoms with Gasteiger partial charge in [-0.3, -0.25) is 0 Å². The Morgan fingerprint density at radius 2 is 1.07 bits per heavy atom. The normalized spacial score (nSPS) is 12.8. The van der Waals surface area contributed by atoms with Crippen LogP contribution in [0.25, 0.3) is 0 Å². The molecule has 0 spiro atoms. The molecule has 0 N–H and O–H groups in total. The van der Waals surface area contributed by atoms with Crippen LogP contribution in [0.15, 0.2) is 0 Å². The standard InChI is InChI=1S/C14H32Si/c1-7-9-11-15(13(3)4,14(5)6)12-10-8-2/h13-14H,7-12H2,1-6H3. The molecule has 15 heavy (non-hydrogen) atoms. The summed E-state index contributed by atoms with van der Waals surface area (Å²) in [6.45, 7) is 14.6. The summed E-state index contributed by atoms with van der Waals surface area (Å²) in [6, 6.07) is 3.14. The molecule has 0 amide bonds. The first-order valence-electron chi connectivity index (χ1n) is 7.01. The van der Waals surface area contributed by atoms with Crippen LogP contribution >= 0.6 is 0 Å². The first-order chi connectivity index (χ1) is 7.01. The van der Waals surface area contributed by atoms with E-state index in [0.29, 0.717) is 0 Å². The lowest BCUT2D eigenvalue weighted by Crippen LogP contribution is -2.40. The average molecular weight is 228 g/mol. The summed E-state index contributed by atoms with van der Waals surface area (Å²) in [4.78, 5) is 0. The molecule has 0 aliphatic rings. The molecular formula is C14H32Si. The smallest absolute Gasteiger partial charge is 0.0587 e. The van der Waals surface area contributed by atoms with E-state index in [1.165, 1.54) is 25.7 Å². The molecule has 0 unspecified atom stereocenters. The van der Waals surface area contributed by atoms with Gasteiger partial charge in [-0.05, 0) is 0 Å². The largest absolute Gasteiger partial charge is 0.0654 e. The van der Waals surface area contributed by atoms with E-state index in [0.717, 1.165) is 11.1 Å². The zero-order valence-corrected chi connectivity index (χ0v) is 12.9. The van der Waals surface area contributed by atoms with E-state index in [1.54, 1.807) is 12.1 Å². The van der Waals surface area contributed by atoms with Gasteiger partial charge in [-0.25, -0.2) is 0 Å². The average Bonchev–Trinajstić information content (AvgIpc) is 2.17. The molecule has 0 heterocycles. The summed E-state index contributed by atoms with van der Waals surface area (Å²) in [5.41, 5.74) is 1.94. The van der Waals surface area contributed by atoms with Crippen molar-refractivity contribution in [3.05, 3.63) is 0 Å². The van der Waals surface area contributed by atoms with E-state index in [2.05, 4.69) is 41.5 Å². The lowest BCUT2D eigenvalue weighted by molar-refractivity contribution is 0.759. The quantitative estimate of drug-likeness (QED) is 0.457. The highest BCUT2D eigenvalue weighted by atomic mass is 28.3. The molecule has 0 aromatic heterocycles. The minimum absolute atomic E-state index is 0.968. The highest BCUT2D eigenvalue weighted by Crippen LogP contribution is 2.41. The molecule has 0 aliphatic heterocycles. The Bertz CT molecular complexity index is 131. The highest BCUT2D eigenvalue weighted by Gasteiger charge is 2.37. The highest BCUT2D eigenvalue weighted by molar-refractivity contribution is 6.82. The topological polar surface area (TPSA) is 0 Å². The van der Waals surface area contributed by atoms with Crippen molar-refractivity contribution in [1.29, 1.82) is 0 Å². The first-order valence-corrected chi connectivity index (χ1v) is 9.58. The van der Waals surface area contributed by atoms with E-state index in [4.69, 9.17) is 0 Å². The van der Waals surface area contributed by atoms with Crippen molar-refractivity contribution in [2.45, 2.75) is 90.4 Å². The van der Waals surface area contributed by atoms with Crippen LogP contribution in [-0.4, -0.2) is 8.07 Å². The third-order valence-electron chi connectivity index (χ3n) is 4.29. The minimum Gasteiger partial charge on any atom is -0.0654 e. The lowest BCUT2D eigenvalue weighted by atomic mass is 10.4. The van der Waals surface area contributed by atoms with Gasteiger partial charge in [0.15, 0.2) is 0 Å². The van der Waals surface area contributed by atoms with Gasteiger partial charge in [0.2, 0.25) is 0 Å². The van der Waals surface area contributed by atoms with E-state index in [1.807, 2.05) is 0 Å².